The predicted molar refractivity (Wildman–Crippen MR) is 81.6 cm³/mol. The van der Waals surface area contributed by atoms with Crippen LogP contribution >= 0.6 is 15.9 Å². The Bertz CT molecular complexity index is 482. The third-order valence-electron chi connectivity index (χ3n) is 3.00. The topological polar surface area (TPSA) is 66.4 Å². The van der Waals surface area contributed by atoms with Crippen LogP contribution in [0.3, 0.4) is 0 Å². The molecule has 0 aliphatic rings. The van der Waals surface area contributed by atoms with Crippen molar-refractivity contribution in [2.45, 2.75) is 45.1 Å². The van der Waals surface area contributed by atoms with Crippen molar-refractivity contribution in [3.8, 4) is 0 Å². The average molecular weight is 342 g/mol. The lowest BCUT2D eigenvalue weighted by Gasteiger charge is -2.25. The first-order valence-corrected chi connectivity index (χ1v) is 7.27. The Labute approximate surface area is 127 Å². The van der Waals surface area contributed by atoms with Gasteiger partial charge in [-0.2, -0.15) is 0 Å². The van der Waals surface area contributed by atoms with Gasteiger partial charge in [-0.3, -0.25) is 9.59 Å². The zero-order chi connectivity index (χ0) is 15.3. The van der Waals surface area contributed by atoms with Crippen molar-refractivity contribution in [2.24, 2.45) is 0 Å². The molecule has 0 bridgehead atoms. The second-order valence-electron chi connectivity index (χ2n) is 5.66. The number of rotatable bonds is 6. The zero-order valence-corrected chi connectivity index (χ0v) is 13.5. The van der Waals surface area contributed by atoms with E-state index in [2.05, 4.69) is 21.2 Å². The first-order chi connectivity index (χ1) is 9.19. The predicted octanol–water partition coefficient (Wildman–Crippen LogP) is 3.31. The summed E-state index contributed by atoms with van der Waals surface area (Å²) < 4.78 is 1.00. The molecule has 4 nitrogen and oxygen atoms in total. The molecule has 0 saturated heterocycles. The number of carbonyl (C=O) groups is 2. The van der Waals surface area contributed by atoms with Crippen molar-refractivity contribution in [3.05, 3.63) is 34.3 Å². The van der Waals surface area contributed by atoms with E-state index >= 15 is 0 Å². The normalized spacial score (nSPS) is 12.8. The monoisotopic (exact) mass is 341 g/mol. The summed E-state index contributed by atoms with van der Waals surface area (Å²) in [4.78, 5) is 22.7. The molecule has 1 aromatic rings. The van der Waals surface area contributed by atoms with Crippen molar-refractivity contribution in [2.75, 3.05) is 0 Å². The molecule has 0 aliphatic carbocycles. The Morgan fingerprint density at radius 3 is 2.35 bits per heavy atom. The standard InChI is InChI=1S/C15H20BrNO3/c1-10(11-4-6-12(16)7-5-11)8-13(18)17-15(2,3)9-14(19)20/h4-7,10H,8-9H2,1-3H3,(H,17,18)(H,19,20). The van der Waals surface area contributed by atoms with Crippen LogP contribution in [0.1, 0.15) is 45.1 Å². The van der Waals surface area contributed by atoms with Crippen molar-refractivity contribution in [1.29, 1.82) is 0 Å². The second kappa shape index (κ2) is 6.88. The molecule has 2 N–H and O–H groups in total. The summed E-state index contributed by atoms with van der Waals surface area (Å²) in [6, 6.07) is 7.84. The molecular formula is C15H20BrNO3. The zero-order valence-electron chi connectivity index (χ0n) is 11.9. The molecular weight excluding hydrogens is 322 g/mol. The van der Waals surface area contributed by atoms with Gasteiger partial charge in [-0.05, 0) is 37.5 Å². The van der Waals surface area contributed by atoms with Crippen LogP contribution in [-0.2, 0) is 9.59 Å². The SMILES string of the molecule is CC(CC(=O)NC(C)(C)CC(=O)O)c1ccc(Br)cc1. The molecule has 0 aromatic heterocycles. The van der Waals surface area contributed by atoms with Crippen LogP contribution in [0, 0.1) is 0 Å². The number of carbonyl (C=O) groups excluding carboxylic acids is 1. The van der Waals surface area contributed by atoms with E-state index in [4.69, 9.17) is 5.11 Å². The van der Waals surface area contributed by atoms with Crippen molar-refractivity contribution in [3.63, 3.8) is 0 Å². The lowest BCUT2D eigenvalue weighted by Crippen LogP contribution is -2.45. The number of nitrogens with one attached hydrogen (secondary N) is 1. The second-order valence-corrected chi connectivity index (χ2v) is 6.57. The molecule has 0 saturated carbocycles. The highest BCUT2D eigenvalue weighted by Crippen LogP contribution is 2.21. The Morgan fingerprint density at radius 2 is 1.85 bits per heavy atom. The fraction of sp³-hybridized carbons (Fsp3) is 0.467. The molecule has 0 fully saturated rings. The first kappa shape index (κ1) is 16.7. The molecule has 1 aromatic carbocycles. The van der Waals surface area contributed by atoms with Crippen molar-refractivity contribution in [1.82, 2.24) is 5.32 Å². The number of carboxylic acid groups (broad SMARTS) is 1. The van der Waals surface area contributed by atoms with Crippen LogP contribution in [-0.4, -0.2) is 22.5 Å². The van der Waals surface area contributed by atoms with E-state index in [1.54, 1.807) is 13.8 Å². The molecule has 0 radical (unpaired) electrons. The summed E-state index contributed by atoms with van der Waals surface area (Å²) in [6.45, 7) is 5.40. The molecule has 0 spiro atoms. The molecule has 5 heteroatoms. The number of hydrogen-bond acceptors (Lipinski definition) is 2. The van der Waals surface area contributed by atoms with E-state index in [1.165, 1.54) is 0 Å². The molecule has 1 unspecified atom stereocenters. The summed E-state index contributed by atoms with van der Waals surface area (Å²) in [6.07, 6.45) is 0.246. The lowest BCUT2D eigenvalue weighted by atomic mass is 9.95. The summed E-state index contributed by atoms with van der Waals surface area (Å²) in [5.41, 5.74) is 0.349. The van der Waals surface area contributed by atoms with Crippen molar-refractivity contribution >= 4 is 27.8 Å². The number of amides is 1. The number of aliphatic carboxylic acids is 1. The van der Waals surface area contributed by atoms with Crippen molar-refractivity contribution < 1.29 is 14.7 Å². The minimum absolute atomic E-state index is 0.0868. The minimum atomic E-state index is -0.920. The molecule has 20 heavy (non-hydrogen) atoms. The lowest BCUT2D eigenvalue weighted by molar-refractivity contribution is -0.138. The maximum absolute atomic E-state index is 12.0. The Morgan fingerprint density at radius 1 is 1.30 bits per heavy atom. The summed E-state index contributed by atoms with van der Waals surface area (Å²) in [7, 11) is 0. The average Bonchev–Trinajstić information content (AvgIpc) is 2.26. The molecule has 1 atom stereocenters. The van der Waals surface area contributed by atoms with Crippen LogP contribution < -0.4 is 5.32 Å². The smallest absolute Gasteiger partial charge is 0.305 e. The number of carboxylic acids is 1. The molecule has 1 rings (SSSR count). The maximum Gasteiger partial charge on any atom is 0.305 e. The van der Waals surface area contributed by atoms with Crippen LogP contribution in [0.4, 0.5) is 0 Å². The van der Waals surface area contributed by atoms with Crippen LogP contribution in [0.25, 0.3) is 0 Å². The Kier molecular flexibility index (Phi) is 5.74. The highest BCUT2D eigenvalue weighted by molar-refractivity contribution is 9.10. The van der Waals surface area contributed by atoms with E-state index in [1.807, 2.05) is 31.2 Å². The summed E-state index contributed by atoms with van der Waals surface area (Å²) >= 11 is 3.37. The van der Waals surface area contributed by atoms with Crippen LogP contribution in [0.15, 0.2) is 28.7 Å². The van der Waals surface area contributed by atoms with Gasteiger partial charge in [-0.25, -0.2) is 0 Å². The van der Waals surface area contributed by atoms with E-state index in [0.29, 0.717) is 6.42 Å². The van der Waals surface area contributed by atoms with Gasteiger partial charge >= 0.3 is 5.97 Å². The first-order valence-electron chi connectivity index (χ1n) is 6.48. The van der Waals surface area contributed by atoms with Gasteiger partial charge in [0, 0.05) is 16.4 Å². The summed E-state index contributed by atoms with van der Waals surface area (Å²) in [5, 5.41) is 11.6. The Hall–Kier alpha value is -1.36. The van der Waals surface area contributed by atoms with Gasteiger partial charge in [-0.1, -0.05) is 35.0 Å². The van der Waals surface area contributed by atoms with Crippen LogP contribution in [0.2, 0.25) is 0 Å². The number of benzene rings is 1. The van der Waals surface area contributed by atoms with E-state index in [-0.39, 0.29) is 18.2 Å². The molecule has 0 aliphatic heterocycles. The largest absolute Gasteiger partial charge is 0.481 e. The fourth-order valence-corrected chi connectivity index (χ4v) is 2.30. The minimum Gasteiger partial charge on any atom is -0.481 e. The fourth-order valence-electron chi connectivity index (χ4n) is 2.04. The molecule has 1 amide bonds. The summed E-state index contributed by atoms with van der Waals surface area (Å²) in [5.74, 6) is -0.966. The highest BCUT2D eigenvalue weighted by atomic mass is 79.9. The van der Waals surface area contributed by atoms with Gasteiger partial charge in [-0.15, -0.1) is 0 Å². The van der Waals surface area contributed by atoms with Gasteiger partial charge in [0.1, 0.15) is 0 Å². The van der Waals surface area contributed by atoms with Gasteiger partial charge in [0.05, 0.1) is 6.42 Å². The molecule has 110 valence electrons. The van der Waals surface area contributed by atoms with Gasteiger partial charge in [0.25, 0.3) is 0 Å². The number of halogens is 1. The van der Waals surface area contributed by atoms with Gasteiger partial charge in [0.2, 0.25) is 5.91 Å². The van der Waals surface area contributed by atoms with Gasteiger partial charge in [0.15, 0.2) is 0 Å². The third kappa shape index (κ3) is 5.74. The quantitative estimate of drug-likeness (QED) is 0.834. The maximum atomic E-state index is 12.0. The number of hydrogen-bond donors (Lipinski definition) is 2. The molecule has 0 heterocycles. The van der Waals surface area contributed by atoms with E-state index in [9.17, 15) is 9.59 Å². The highest BCUT2D eigenvalue weighted by Gasteiger charge is 2.24. The van der Waals surface area contributed by atoms with Crippen LogP contribution in [0.5, 0.6) is 0 Å². The third-order valence-corrected chi connectivity index (χ3v) is 3.53. The Balaban J connectivity index is 2.57. The van der Waals surface area contributed by atoms with E-state index in [0.717, 1.165) is 10.0 Å². The van der Waals surface area contributed by atoms with Gasteiger partial charge < -0.3 is 10.4 Å². The van der Waals surface area contributed by atoms with E-state index < -0.39 is 11.5 Å².